The highest BCUT2D eigenvalue weighted by atomic mass is 16.4. The van der Waals surface area contributed by atoms with Gasteiger partial charge in [-0.1, -0.05) is 0 Å². The maximum Gasteiger partial charge on any atom is 0.309 e. The van der Waals surface area contributed by atoms with Gasteiger partial charge in [-0.05, 0) is 31.4 Å². The molecule has 2 heterocycles. The van der Waals surface area contributed by atoms with Crippen LogP contribution in [0.4, 0.5) is 5.82 Å². The summed E-state index contributed by atoms with van der Waals surface area (Å²) in [4.78, 5) is 14.8. The van der Waals surface area contributed by atoms with Crippen molar-refractivity contribution >= 4 is 17.4 Å². The minimum Gasteiger partial charge on any atom is -0.481 e. The van der Waals surface area contributed by atoms with Gasteiger partial charge < -0.3 is 10.4 Å². The summed E-state index contributed by atoms with van der Waals surface area (Å²) in [6.07, 6.45) is 5.24. The number of aliphatic carboxylic acids is 1. The van der Waals surface area contributed by atoms with Gasteiger partial charge in [0.05, 0.1) is 18.3 Å². The van der Waals surface area contributed by atoms with E-state index in [9.17, 15) is 4.79 Å². The molecule has 0 aliphatic heterocycles. The van der Waals surface area contributed by atoms with Crippen LogP contribution in [0, 0.1) is 0 Å². The first-order valence-electron chi connectivity index (χ1n) is 6.04. The molecule has 0 saturated heterocycles. The summed E-state index contributed by atoms with van der Waals surface area (Å²) in [5.41, 5.74) is 1.20. The van der Waals surface area contributed by atoms with E-state index in [0.29, 0.717) is 17.4 Å². The zero-order valence-corrected chi connectivity index (χ0v) is 9.83. The van der Waals surface area contributed by atoms with Crippen molar-refractivity contribution in [3.05, 3.63) is 24.0 Å². The van der Waals surface area contributed by atoms with Gasteiger partial charge >= 0.3 is 5.97 Å². The topological polar surface area (TPSA) is 79.5 Å². The molecule has 6 heteroatoms. The molecule has 1 aliphatic rings. The summed E-state index contributed by atoms with van der Waals surface area (Å²) in [7, 11) is 0. The lowest BCUT2D eigenvalue weighted by Crippen LogP contribution is -2.27. The molecule has 18 heavy (non-hydrogen) atoms. The van der Waals surface area contributed by atoms with E-state index in [4.69, 9.17) is 5.11 Å². The first kappa shape index (κ1) is 11.0. The van der Waals surface area contributed by atoms with Gasteiger partial charge in [-0.25, -0.2) is 9.50 Å². The number of nitrogens with zero attached hydrogens (tertiary/aromatic N) is 3. The Morgan fingerprint density at radius 2 is 2.33 bits per heavy atom. The molecule has 2 N–H and O–H groups in total. The molecule has 3 rings (SSSR count). The standard InChI is InChI=1S/C12H14N4O2/c17-12(18)6-9-7-16-11(14-9)5-4-10(15-16)13-8-2-1-3-8/h4-5,7-8H,1-3,6H2,(H,13,15)(H,17,18). The largest absolute Gasteiger partial charge is 0.481 e. The number of carboxylic acids is 1. The van der Waals surface area contributed by atoms with E-state index in [1.807, 2.05) is 12.1 Å². The minimum absolute atomic E-state index is 0.0747. The van der Waals surface area contributed by atoms with Crippen molar-refractivity contribution in [3.8, 4) is 0 Å². The molecule has 2 aromatic heterocycles. The number of nitrogens with one attached hydrogen (secondary N) is 1. The van der Waals surface area contributed by atoms with Crippen molar-refractivity contribution in [2.24, 2.45) is 0 Å². The molecule has 0 atom stereocenters. The number of imidazole rings is 1. The Morgan fingerprint density at radius 1 is 1.50 bits per heavy atom. The van der Waals surface area contributed by atoms with Crippen LogP contribution in [0.2, 0.25) is 0 Å². The molecule has 1 fully saturated rings. The predicted octanol–water partition coefficient (Wildman–Crippen LogP) is 1.32. The van der Waals surface area contributed by atoms with Gasteiger partial charge in [0.15, 0.2) is 5.65 Å². The van der Waals surface area contributed by atoms with Crippen molar-refractivity contribution in [2.45, 2.75) is 31.7 Å². The Hall–Kier alpha value is -2.11. The Balaban J connectivity index is 1.83. The highest BCUT2D eigenvalue weighted by Crippen LogP contribution is 2.22. The van der Waals surface area contributed by atoms with Crippen molar-refractivity contribution in [1.29, 1.82) is 0 Å². The van der Waals surface area contributed by atoms with Gasteiger partial charge in [0.2, 0.25) is 0 Å². The second-order valence-corrected chi connectivity index (χ2v) is 4.60. The Labute approximate surface area is 104 Å². The fraction of sp³-hybridized carbons (Fsp3) is 0.417. The fourth-order valence-corrected chi connectivity index (χ4v) is 2.01. The van der Waals surface area contributed by atoms with E-state index in [1.54, 1.807) is 10.7 Å². The van der Waals surface area contributed by atoms with Gasteiger partial charge in [0.1, 0.15) is 5.82 Å². The van der Waals surface area contributed by atoms with E-state index in [1.165, 1.54) is 19.3 Å². The molecule has 0 radical (unpaired) electrons. The summed E-state index contributed by atoms with van der Waals surface area (Å²) in [5.74, 6) is -0.0716. The van der Waals surface area contributed by atoms with Gasteiger partial charge in [-0.2, -0.15) is 0 Å². The molecule has 0 bridgehead atoms. The molecule has 1 saturated carbocycles. The number of hydrogen-bond acceptors (Lipinski definition) is 4. The van der Waals surface area contributed by atoms with Crippen LogP contribution in [0.3, 0.4) is 0 Å². The number of anilines is 1. The maximum absolute atomic E-state index is 10.6. The molecular formula is C12H14N4O2. The average molecular weight is 246 g/mol. The number of carboxylic acid groups (broad SMARTS) is 1. The number of carbonyl (C=O) groups is 1. The smallest absolute Gasteiger partial charge is 0.309 e. The highest BCUT2D eigenvalue weighted by molar-refractivity contribution is 5.69. The Kier molecular flexibility index (Phi) is 2.62. The molecule has 94 valence electrons. The summed E-state index contributed by atoms with van der Waals surface area (Å²) in [5, 5.41) is 16.4. The molecule has 0 aromatic carbocycles. The second-order valence-electron chi connectivity index (χ2n) is 4.60. The van der Waals surface area contributed by atoms with E-state index in [2.05, 4.69) is 15.4 Å². The first-order chi connectivity index (χ1) is 8.70. The van der Waals surface area contributed by atoms with Crippen molar-refractivity contribution < 1.29 is 9.90 Å². The van der Waals surface area contributed by atoms with Crippen molar-refractivity contribution in [1.82, 2.24) is 14.6 Å². The second kappa shape index (κ2) is 4.29. The number of rotatable bonds is 4. The van der Waals surface area contributed by atoms with E-state index in [0.717, 1.165) is 5.82 Å². The van der Waals surface area contributed by atoms with Gasteiger partial charge in [-0.15, -0.1) is 5.10 Å². The van der Waals surface area contributed by atoms with Crippen LogP contribution < -0.4 is 5.32 Å². The van der Waals surface area contributed by atoms with E-state index in [-0.39, 0.29) is 6.42 Å². The van der Waals surface area contributed by atoms with Crippen LogP contribution in [0.25, 0.3) is 5.65 Å². The van der Waals surface area contributed by atoms with Crippen LogP contribution >= 0.6 is 0 Å². The van der Waals surface area contributed by atoms with Gasteiger partial charge in [-0.3, -0.25) is 4.79 Å². The van der Waals surface area contributed by atoms with Crippen LogP contribution in [-0.4, -0.2) is 31.7 Å². The lowest BCUT2D eigenvalue weighted by Gasteiger charge is -2.26. The monoisotopic (exact) mass is 246 g/mol. The molecule has 0 spiro atoms. The SMILES string of the molecule is O=C(O)Cc1cn2nc(NC3CCC3)ccc2n1. The predicted molar refractivity (Wildman–Crippen MR) is 65.6 cm³/mol. The molecule has 2 aromatic rings. The third-order valence-electron chi connectivity index (χ3n) is 3.16. The zero-order valence-electron chi connectivity index (χ0n) is 9.83. The summed E-state index contributed by atoms with van der Waals surface area (Å²) < 4.78 is 1.62. The first-order valence-corrected chi connectivity index (χ1v) is 6.04. The summed E-state index contributed by atoms with van der Waals surface area (Å²) in [6, 6.07) is 4.25. The lowest BCUT2D eigenvalue weighted by atomic mass is 9.93. The Bertz CT molecular complexity index is 589. The summed E-state index contributed by atoms with van der Waals surface area (Å²) >= 11 is 0. The van der Waals surface area contributed by atoms with Crippen LogP contribution in [-0.2, 0) is 11.2 Å². The quantitative estimate of drug-likeness (QED) is 0.850. The van der Waals surface area contributed by atoms with Gasteiger partial charge in [0, 0.05) is 6.04 Å². The number of hydrogen-bond donors (Lipinski definition) is 2. The average Bonchev–Trinajstić information content (AvgIpc) is 2.63. The van der Waals surface area contributed by atoms with E-state index >= 15 is 0 Å². The minimum atomic E-state index is -0.883. The van der Waals surface area contributed by atoms with Crippen LogP contribution in [0.5, 0.6) is 0 Å². The fourth-order valence-electron chi connectivity index (χ4n) is 2.01. The van der Waals surface area contributed by atoms with E-state index < -0.39 is 5.97 Å². The highest BCUT2D eigenvalue weighted by Gasteiger charge is 2.17. The zero-order chi connectivity index (χ0) is 12.5. The molecule has 1 aliphatic carbocycles. The summed E-state index contributed by atoms with van der Waals surface area (Å²) in [6.45, 7) is 0. The third-order valence-corrected chi connectivity index (χ3v) is 3.16. The molecule has 0 unspecified atom stereocenters. The maximum atomic E-state index is 10.6. The van der Waals surface area contributed by atoms with Gasteiger partial charge in [0.25, 0.3) is 0 Å². The lowest BCUT2D eigenvalue weighted by molar-refractivity contribution is -0.136. The molecule has 6 nitrogen and oxygen atoms in total. The van der Waals surface area contributed by atoms with Crippen LogP contribution in [0.1, 0.15) is 25.0 Å². The number of fused-ring (bicyclic) bond motifs is 1. The third kappa shape index (κ3) is 2.13. The van der Waals surface area contributed by atoms with Crippen molar-refractivity contribution in [2.75, 3.05) is 5.32 Å². The van der Waals surface area contributed by atoms with Crippen molar-refractivity contribution in [3.63, 3.8) is 0 Å². The molecule has 0 amide bonds. The van der Waals surface area contributed by atoms with Crippen LogP contribution in [0.15, 0.2) is 18.3 Å². The Morgan fingerprint density at radius 3 is 3.00 bits per heavy atom. The molecular weight excluding hydrogens is 232 g/mol. The normalized spacial score (nSPS) is 15.6. The number of aromatic nitrogens is 3.